The standard InChI is InChI=1S/C8H11N.2ClH.Fe/c1-6-3-4-8(9)7(2)5-6;;;/h3,5,9H,4H2,1-2H3;2*1H;/q;;;+2/p-2. The zero-order chi connectivity index (χ0) is 6.85. The van der Waals surface area contributed by atoms with Gasteiger partial charge >= 0.3 is 17.1 Å². The molecule has 0 amide bonds. The minimum atomic E-state index is 0. The molecule has 0 saturated heterocycles. The molecule has 0 heterocycles. The molecule has 12 heavy (non-hydrogen) atoms. The van der Waals surface area contributed by atoms with E-state index in [4.69, 9.17) is 5.41 Å². The van der Waals surface area contributed by atoms with Gasteiger partial charge in [0.25, 0.3) is 0 Å². The molecule has 1 nitrogen and oxygen atoms in total. The van der Waals surface area contributed by atoms with Gasteiger partial charge in [-0.3, -0.25) is 0 Å². The van der Waals surface area contributed by atoms with Crippen molar-refractivity contribution in [2.45, 2.75) is 20.3 Å². The van der Waals surface area contributed by atoms with Crippen LogP contribution in [0.2, 0.25) is 0 Å². The van der Waals surface area contributed by atoms with E-state index in [1.165, 1.54) is 5.57 Å². The molecule has 0 aromatic carbocycles. The third-order valence-electron chi connectivity index (χ3n) is 1.55. The average molecular weight is 248 g/mol. The van der Waals surface area contributed by atoms with Crippen LogP contribution in [-0.4, -0.2) is 5.71 Å². The number of hydrogen-bond donors (Lipinski definition) is 1. The van der Waals surface area contributed by atoms with E-state index in [-0.39, 0.29) is 41.9 Å². The first kappa shape index (κ1) is 18.1. The molecule has 1 aliphatic carbocycles. The van der Waals surface area contributed by atoms with Gasteiger partial charge in [0.05, 0.1) is 0 Å². The second kappa shape index (κ2) is 7.88. The number of rotatable bonds is 0. The molecule has 1 rings (SSSR count). The first-order valence-corrected chi connectivity index (χ1v) is 3.13. The van der Waals surface area contributed by atoms with E-state index >= 15 is 0 Å². The summed E-state index contributed by atoms with van der Waals surface area (Å²) in [6.07, 6.45) is 4.94. The Hall–Kier alpha value is 0.249. The summed E-state index contributed by atoms with van der Waals surface area (Å²) in [5, 5.41) is 7.37. The first-order valence-electron chi connectivity index (χ1n) is 3.13. The largest absolute Gasteiger partial charge is 2.00 e. The van der Waals surface area contributed by atoms with Crippen molar-refractivity contribution in [3.8, 4) is 0 Å². The molecule has 0 bridgehead atoms. The average Bonchev–Trinajstić information content (AvgIpc) is 1.80. The molecule has 0 aromatic heterocycles. The Balaban J connectivity index is -0.000000270. The Morgan fingerprint density at radius 3 is 2.08 bits per heavy atom. The van der Waals surface area contributed by atoms with Gasteiger partial charge in [-0.25, -0.2) is 0 Å². The van der Waals surface area contributed by atoms with Crippen molar-refractivity contribution in [2.75, 3.05) is 0 Å². The Labute approximate surface area is 96.5 Å². The van der Waals surface area contributed by atoms with Crippen molar-refractivity contribution in [3.05, 3.63) is 23.3 Å². The molecule has 0 aromatic rings. The van der Waals surface area contributed by atoms with Gasteiger partial charge in [0.1, 0.15) is 0 Å². The zero-order valence-corrected chi connectivity index (χ0v) is 9.59. The summed E-state index contributed by atoms with van der Waals surface area (Å²) in [7, 11) is 0. The summed E-state index contributed by atoms with van der Waals surface area (Å²) in [6.45, 7) is 4.05. The van der Waals surface area contributed by atoms with Crippen LogP contribution in [0.4, 0.5) is 0 Å². The zero-order valence-electron chi connectivity index (χ0n) is 6.97. The van der Waals surface area contributed by atoms with Crippen LogP contribution in [0.3, 0.4) is 0 Å². The maximum atomic E-state index is 7.37. The third kappa shape index (κ3) is 5.00. The Kier molecular flexibility index (Phi) is 11.9. The Morgan fingerprint density at radius 2 is 1.75 bits per heavy atom. The fourth-order valence-corrected chi connectivity index (χ4v) is 0.912. The van der Waals surface area contributed by atoms with Crippen LogP contribution in [0.1, 0.15) is 20.3 Å². The van der Waals surface area contributed by atoms with E-state index < -0.39 is 0 Å². The summed E-state index contributed by atoms with van der Waals surface area (Å²) < 4.78 is 0. The van der Waals surface area contributed by atoms with Gasteiger partial charge in [0.15, 0.2) is 0 Å². The van der Waals surface area contributed by atoms with E-state index in [1.54, 1.807) is 0 Å². The van der Waals surface area contributed by atoms with E-state index in [0.717, 1.165) is 17.7 Å². The fraction of sp³-hybridized carbons (Fsp3) is 0.375. The van der Waals surface area contributed by atoms with Gasteiger partial charge in [-0.15, -0.1) is 0 Å². The van der Waals surface area contributed by atoms with Gasteiger partial charge in [0, 0.05) is 12.1 Å². The maximum absolute atomic E-state index is 7.37. The molecule has 1 aliphatic rings. The van der Waals surface area contributed by atoms with Crippen molar-refractivity contribution in [1.82, 2.24) is 0 Å². The van der Waals surface area contributed by atoms with E-state index in [9.17, 15) is 0 Å². The molecule has 0 unspecified atom stereocenters. The minimum Gasteiger partial charge on any atom is -1.00 e. The van der Waals surface area contributed by atoms with Gasteiger partial charge in [-0.2, -0.15) is 0 Å². The number of hydrogen-bond acceptors (Lipinski definition) is 1. The van der Waals surface area contributed by atoms with E-state index in [0.29, 0.717) is 0 Å². The summed E-state index contributed by atoms with van der Waals surface area (Å²) >= 11 is 0. The number of nitrogens with one attached hydrogen (secondary N) is 1. The molecule has 0 spiro atoms. The van der Waals surface area contributed by atoms with Crippen molar-refractivity contribution < 1.29 is 41.9 Å². The van der Waals surface area contributed by atoms with Crippen molar-refractivity contribution in [2.24, 2.45) is 0 Å². The number of halogens is 2. The van der Waals surface area contributed by atoms with Crippen molar-refractivity contribution >= 4 is 5.71 Å². The smallest absolute Gasteiger partial charge is 1.00 e. The van der Waals surface area contributed by atoms with E-state index in [2.05, 4.69) is 13.0 Å². The van der Waals surface area contributed by atoms with Crippen molar-refractivity contribution in [1.29, 1.82) is 5.41 Å². The van der Waals surface area contributed by atoms with Crippen LogP contribution >= 0.6 is 0 Å². The molecule has 0 radical (unpaired) electrons. The van der Waals surface area contributed by atoms with Crippen LogP contribution in [0.5, 0.6) is 0 Å². The SMILES string of the molecule is CC1=CCC(=N)C(C)=C1.[Cl-].[Cl-].[Fe+2]. The summed E-state index contributed by atoms with van der Waals surface area (Å²) in [6, 6.07) is 0. The fourth-order valence-electron chi connectivity index (χ4n) is 0.912. The second-order valence-electron chi connectivity index (χ2n) is 2.46. The summed E-state index contributed by atoms with van der Waals surface area (Å²) in [5.41, 5.74) is 3.14. The molecular formula is C8H11Cl2FeN. The minimum absolute atomic E-state index is 0. The van der Waals surface area contributed by atoms with Crippen LogP contribution in [-0.2, 0) is 17.1 Å². The maximum Gasteiger partial charge on any atom is 2.00 e. The van der Waals surface area contributed by atoms with Gasteiger partial charge in [0.2, 0.25) is 0 Å². The normalized spacial score (nSPS) is 14.3. The molecule has 4 heteroatoms. The van der Waals surface area contributed by atoms with Crippen LogP contribution in [0.15, 0.2) is 23.3 Å². The molecule has 0 fully saturated rings. The monoisotopic (exact) mass is 247 g/mol. The van der Waals surface area contributed by atoms with Gasteiger partial charge in [-0.1, -0.05) is 17.7 Å². The molecule has 1 N–H and O–H groups in total. The molecule has 0 aliphatic heterocycles. The summed E-state index contributed by atoms with van der Waals surface area (Å²) in [5.74, 6) is 0. The van der Waals surface area contributed by atoms with Crippen LogP contribution < -0.4 is 24.8 Å². The predicted octanol–water partition coefficient (Wildman–Crippen LogP) is -3.69. The quantitative estimate of drug-likeness (QED) is 0.427. The van der Waals surface area contributed by atoms with Gasteiger partial charge in [-0.05, 0) is 19.4 Å². The van der Waals surface area contributed by atoms with Crippen LogP contribution in [0, 0.1) is 5.41 Å². The molecule has 0 saturated carbocycles. The van der Waals surface area contributed by atoms with Crippen LogP contribution in [0.25, 0.3) is 0 Å². The molecule has 70 valence electrons. The third-order valence-corrected chi connectivity index (χ3v) is 1.55. The Morgan fingerprint density at radius 1 is 1.25 bits per heavy atom. The second-order valence-corrected chi connectivity index (χ2v) is 2.46. The molecule has 0 atom stereocenters. The first-order chi connectivity index (χ1) is 4.20. The van der Waals surface area contributed by atoms with Crippen molar-refractivity contribution in [3.63, 3.8) is 0 Å². The summed E-state index contributed by atoms with van der Waals surface area (Å²) in [4.78, 5) is 0. The van der Waals surface area contributed by atoms with Gasteiger partial charge < -0.3 is 30.2 Å². The van der Waals surface area contributed by atoms with E-state index in [1.807, 2.05) is 13.0 Å². The Bertz CT molecular complexity index is 209. The topological polar surface area (TPSA) is 23.9 Å². The number of allylic oxidation sites excluding steroid dienone is 4. The molecular weight excluding hydrogens is 237 g/mol. The predicted molar refractivity (Wildman–Crippen MR) is 39.9 cm³/mol.